The van der Waals surface area contributed by atoms with Crippen molar-refractivity contribution in [3.8, 4) is 0 Å². The Balaban J connectivity index is 1.60. The highest BCUT2D eigenvalue weighted by molar-refractivity contribution is 5.91. The zero-order valence-corrected chi connectivity index (χ0v) is 11.9. The summed E-state index contributed by atoms with van der Waals surface area (Å²) in [6, 6.07) is 7.73. The molecule has 0 aliphatic carbocycles. The minimum absolute atomic E-state index is 0.0955. The van der Waals surface area contributed by atoms with Crippen molar-refractivity contribution in [3.05, 3.63) is 29.8 Å². The summed E-state index contributed by atoms with van der Waals surface area (Å²) in [7, 11) is 0. The Morgan fingerprint density at radius 2 is 2.20 bits per heavy atom. The van der Waals surface area contributed by atoms with Crippen LogP contribution in [0, 0.1) is 6.92 Å². The Morgan fingerprint density at radius 1 is 1.40 bits per heavy atom. The van der Waals surface area contributed by atoms with Crippen LogP contribution in [0.1, 0.15) is 5.56 Å². The average molecular weight is 278 g/mol. The molecule has 1 saturated heterocycles. The van der Waals surface area contributed by atoms with Gasteiger partial charge in [0.1, 0.15) is 6.61 Å². The third-order valence-corrected chi connectivity index (χ3v) is 3.19. The molecule has 5 heteroatoms. The van der Waals surface area contributed by atoms with Gasteiger partial charge in [0.15, 0.2) is 0 Å². The Kier molecular flexibility index (Phi) is 5.98. The van der Waals surface area contributed by atoms with Crippen molar-refractivity contribution < 1.29 is 14.3 Å². The van der Waals surface area contributed by atoms with Gasteiger partial charge in [-0.15, -0.1) is 0 Å². The Morgan fingerprint density at radius 3 is 2.95 bits per heavy atom. The summed E-state index contributed by atoms with van der Waals surface area (Å²) < 4.78 is 10.7. The molecule has 0 unspecified atom stereocenters. The van der Waals surface area contributed by atoms with Crippen molar-refractivity contribution in [2.24, 2.45) is 0 Å². The van der Waals surface area contributed by atoms with Crippen molar-refractivity contribution in [2.45, 2.75) is 6.92 Å². The Labute approximate surface area is 119 Å². The van der Waals surface area contributed by atoms with Crippen LogP contribution in [-0.2, 0) is 14.3 Å². The number of nitrogens with one attached hydrogen (secondary N) is 1. The first-order valence-corrected chi connectivity index (χ1v) is 6.98. The fraction of sp³-hybridized carbons (Fsp3) is 0.533. The van der Waals surface area contributed by atoms with Gasteiger partial charge in [-0.25, -0.2) is 0 Å². The summed E-state index contributed by atoms with van der Waals surface area (Å²) in [5, 5.41) is 2.82. The lowest BCUT2D eigenvalue weighted by Crippen LogP contribution is -2.38. The van der Waals surface area contributed by atoms with E-state index < -0.39 is 0 Å². The smallest absolute Gasteiger partial charge is 0.250 e. The second-order valence-electron chi connectivity index (χ2n) is 4.92. The molecular formula is C15H22N2O3. The van der Waals surface area contributed by atoms with Crippen LogP contribution in [0.25, 0.3) is 0 Å². The number of hydrogen-bond acceptors (Lipinski definition) is 4. The van der Waals surface area contributed by atoms with Gasteiger partial charge in [0.25, 0.3) is 0 Å². The molecule has 0 aromatic heterocycles. The number of benzene rings is 1. The fourth-order valence-electron chi connectivity index (χ4n) is 2.10. The molecule has 1 aliphatic rings. The van der Waals surface area contributed by atoms with Crippen molar-refractivity contribution in [1.82, 2.24) is 4.90 Å². The summed E-state index contributed by atoms with van der Waals surface area (Å²) in [6.45, 7) is 6.97. The summed E-state index contributed by atoms with van der Waals surface area (Å²) in [4.78, 5) is 14.0. The summed E-state index contributed by atoms with van der Waals surface area (Å²) in [5.41, 5.74) is 1.93. The molecule has 0 atom stereocenters. The van der Waals surface area contributed by atoms with E-state index in [1.165, 1.54) is 0 Å². The lowest BCUT2D eigenvalue weighted by atomic mass is 10.2. The molecule has 0 saturated carbocycles. The zero-order valence-electron chi connectivity index (χ0n) is 11.9. The van der Waals surface area contributed by atoms with Crippen LogP contribution in [0.4, 0.5) is 5.69 Å². The first-order chi connectivity index (χ1) is 9.74. The van der Waals surface area contributed by atoms with Gasteiger partial charge in [0, 0.05) is 25.3 Å². The quantitative estimate of drug-likeness (QED) is 0.797. The predicted molar refractivity (Wildman–Crippen MR) is 77.9 cm³/mol. The second-order valence-corrected chi connectivity index (χ2v) is 4.92. The molecule has 20 heavy (non-hydrogen) atoms. The highest BCUT2D eigenvalue weighted by Gasteiger charge is 2.10. The van der Waals surface area contributed by atoms with Gasteiger partial charge in [-0.3, -0.25) is 9.69 Å². The molecule has 1 aliphatic heterocycles. The van der Waals surface area contributed by atoms with Crippen molar-refractivity contribution in [3.63, 3.8) is 0 Å². The van der Waals surface area contributed by atoms with Crippen LogP contribution < -0.4 is 5.32 Å². The van der Waals surface area contributed by atoms with Gasteiger partial charge in [0.2, 0.25) is 5.91 Å². The number of morpholine rings is 1. The predicted octanol–water partition coefficient (Wildman–Crippen LogP) is 1.28. The van der Waals surface area contributed by atoms with E-state index in [0.29, 0.717) is 6.61 Å². The summed E-state index contributed by atoms with van der Waals surface area (Å²) in [6.07, 6.45) is 0. The lowest BCUT2D eigenvalue weighted by molar-refractivity contribution is -0.120. The van der Waals surface area contributed by atoms with Crippen LogP contribution in [0.15, 0.2) is 24.3 Å². The monoisotopic (exact) mass is 278 g/mol. The normalized spacial score (nSPS) is 16.1. The zero-order chi connectivity index (χ0) is 14.2. The van der Waals surface area contributed by atoms with Gasteiger partial charge in [-0.1, -0.05) is 12.1 Å². The molecule has 5 nitrogen and oxygen atoms in total. The number of aryl methyl sites for hydroxylation is 1. The van der Waals surface area contributed by atoms with Crippen molar-refractivity contribution >= 4 is 11.6 Å². The summed E-state index contributed by atoms with van der Waals surface area (Å²) >= 11 is 0. The number of ether oxygens (including phenoxy) is 2. The van der Waals surface area contributed by atoms with Crippen LogP contribution >= 0.6 is 0 Å². The first kappa shape index (κ1) is 15.0. The topological polar surface area (TPSA) is 50.8 Å². The standard InChI is InChI=1S/C15H22N2O3/c1-13-3-2-4-14(11-13)16-15(18)12-20-10-7-17-5-8-19-9-6-17/h2-4,11H,5-10,12H2,1H3,(H,16,18). The molecule has 1 amide bonds. The molecule has 1 aromatic carbocycles. The van der Waals surface area contributed by atoms with Gasteiger partial charge in [-0.2, -0.15) is 0 Å². The third kappa shape index (κ3) is 5.28. The number of nitrogens with zero attached hydrogens (tertiary/aromatic N) is 1. The van der Waals surface area contributed by atoms with Gasteiger partial charge in [-0.05, 0) is 24.6 Å². The van der Waals surface area contributed by atoms with Crippen molar-refractivity contribution in [1.29, 1.82) is 0 Å². The molecule has 110 valence electrons. The molecule has 1 fully saturated rings. The third-order valence-electron chi connectivity index (χ3n) is 3.19. The van der Waals surface area contributed by atoms with Crippen LogP contribution in [-0.4, -0.2) is 56.9 Å². The van der Waals surface area contributed by atoms with E-state index in [1.807, 2.05) is 31.2 Å². The SMILES string of the molecule is Cc1cccc(NC(=O)COCCN2CCOCC2)c1. The van der Waals surface area contributed by atoms with Crippen LogP contribution in [0.5, 0.6) is 0 Å². The van der Waals surface area contributed by atoms with Crippen LogP contribution in [0.2, 0.25) is 0 Å². The second kappa shape index (κ2) is 7.99. The van der Waals surface area contributed by atoms with Gasteiger partial charge in [0.05, 0.1) is 19.8 Å². The maximum absolute atomic E-state index is 11.7. The fourth-order valence-corrected chi connectivity index (χ4v) is 2.10. The maximum atomic E-state index is 11.7. The minimum Gasteiger partial charge on any atom is -0.379 e. The summed E-state index contributed by atoms with van der Waals surface area (Å²) in [5.74, 6) is -0.113. The maximum Gasteiger partial charge on any atom is 0.250 e. The molecular weight excluding hydrogens is 256 g/mol. The average Bonchev–Trinajstić information content (AvgIpc) is 2.45. The van der Waals surface area contributed by atoms with E-state index in [4.69, 9.17) is 9.47 Å². The molecule has 1 heterocycles. The van der Waals surface area contributed by atoms with Crippen LogP contribution in [0.3, 0.4) is 0 Å². The number of carbonyl (C=O) groups is 1. The first-order valence-electron chi connectivity index (χ1n) is 6.98. The Bertz CT molecular complexity index is 431. The van der Waals surface area contributed by atoms with E-state index in [9.17, 15) is 4.79 Å². The highest BCUT2D eigenvalue weighted by atomic mass is 16.5. The van der Waals surface area contributed by atoms with E-state index in [1.54, 1.807) is 0 Å². The molecule has 0 bridgehead atoms. The number of amides is 1. The van der Waals surface area contributed by atoms with E-state index in [0.717, 1.165) is 44.1 Å². The van der Waals surface area contributed by atoms with Gasteiger partial charge >= 0.3 is 0 Å². The largest absolute Gasteiger partial charge is 0.379 e. The minimum atomic E-state index is -0.113. The molecule has 1 N–H and O–H groups in total. The number of hydrogen-bond donors (Lipinski definition) is 1. The van der Waals surface area contributed by atoms with E-state index >= 15 is 0 Å². The molecule has 0 spiro atoms. The van der Waals surface area contributed by atoms with Gasteiger partial charge < -0.3 is 14.8 Å². The molecule has 2 rings (SSSR count). The number of carbonyl (C=O) groups excluding carboxylic acids is 1. The van der Waals surface area contributed by atoms with E-state index in [-0.39, 0.29) is 12.5 Å². The molecule has 1 aromatic rings. The number of rotatable bonds is 6. The lowest BCUT2D eigenvalue weighted by Gasteiger charge is -2.26. The van der Waals surface area contributed by atoms with Crippen molar-refractivity contribution in [2.75, 3.05) is 51.4 Å². The Hall–Kier alpha value is -1.43. The number of anilines is 1. The highest BCUT2D eigenvalue weighted by Crippen LogP contribution is 2.09. The van der Waals surface area contributed by atoms with E-state index in [2.05, 4.69) is 10.2 Å². The molecule has 0 radical (unpaired) electrons.